The van der Waals surface area contributed by atoms with Gasteiger partial charge in [-0.05, 0) is 44.5 Å². The van der Waals surface area contributed by atoms with E-state index in [9.17, 15) is 14.0 Å². The fraction of sp³-hybridized carbons (Fsp3) is 0.600. The lowest BCUT2D eigenvalue weighted by atomic mass is 9.92. The molecule has 2 saturated heterocycles. The molecule has 0 aromatic heterocycles. The number of carbonyl (C=O) groups is 2. The number of halogens is 1. The molecule has 6 heteroatoms. The largest absolute Gasteiger partial charge is 0.340 e. The number of nitrogens with zero attached hydrogens (tertiary/aromatic N) is 3. The molecule has 3 rings (SSSR count). The molecule has 5 nitrogen and oxygen atoms in total. The van der Waals surface area contributed by atoms with E-state index < -0.39 is 0 Å². The molecule has 1 spiro atoms. The van der Waals surface area contributed by atoms with Gasteiger partial charge in [0.15, 0.2) is 0 Å². The van der Waals surface area contributed by atoms with Crippen molar-refractivity contribution in [2.24, 2.45) is 5.92 Å². The number of benzene rings is 1. The number of amides is 2. The Kier molecular flexibility index (Phi) is 5.32. The van der Waals surface area contributed by atoms with Gasteiger partial charge < -0.3 is 9.80 Å². The number of anilines is 1. The van der Waals surface area contributed by atoms with Crippen LogP contribution in [0, 0.1) is 11.7 Å². The molecule has 1 atom stereocenters. The Hall–Kier alpha value is -1.95. The summed E-state index contributed by atoms with van der Waals surface area (Å²) in [6, 6.07) is 6.17. The van der Waals surface area contributed by atoms with E-state index >= 15 is 0 Å². The van der Waals surface area contributed by atoms with Crippen molar-refractivity contribution in [2.45, 2.75) is 38.6 Å². The Morgan fingerprint density at radius 1 is 1.27 bits per heavy atom. The predicted molar refractivity (Wildman–Crippen MR) is 99.4 cm³/mol. The monoisotopic (exact) mass is 361 g/mol. The summed E-state index contributed by atoms with van der Waals surface area (Å²) in [4.78, 5) is 31.0. The maximum atomic E-state index is 13.6. The first-order chi connectivity index (χ1) is 12.4. The molecule has 2 aliphatic heterocycles. The first-order valence-electron chi connectivity index (χ1n) is 9.46. The number of hydrogen-bond donors (Lipinski definition) is 0. The van der Waals surface area contributed by atoms with Crippen LogP contribution in [0.4, 0.5) is 10.1 Å². The minimum Gasteiger partial charge on any atom is -0.340 e. The maximum Gasteiger partial charge on any atom is 0.241 e. The van der Waals surface area contributed by atoms with Gasteiger partial charge in [-0.15, -0.1) is 0 Å². The van der Waals surface area contributed by atoms with Gasteiger partial charge >= 0.3 is 0 Å². The SMILES string of the molecule is CCC(CC)C(=O)N1CC[C@]2(C1)CN(c1cccc(F)c1)C(=O)CN2C. The molecule has 0 radical (unpaired) electrons. The molecule has 0 unspecified atom stereocenters. The number of hydrogen-bond acceptors (Lipinski definition) is 3. The van der Waals surface area contributed by atoms with E-state index in [0.717, 1.165) is 19.3 Å². The fourth-order valence-electron chi connectivity index (χ4n) is 4.22. The highest BCUT2D eigenvalue weighted by Crippen LogP contribution is 2.34. The second-order valence-corrected chi connectivity index (χ2v) is 7.56. The molecule has 1 aromatic carbocycles. The van der Waals surface area contributed by atoms with Crippen molar-refractivity contribution < 1.29 is 14.0 Å². The van der Waals surface area contributed by atoms with Crippen LogP contribution in [0.25, 0.3) is 0 Å². The molecule has 2 aliphatic rings. The van der Waals surface area contributed by atoms with Gasteiger partial charge in [0.25, 0.3) is 0 Å². The zero-order valence-corrected chi connectivity index (χ0v) is 15.9. The van der Waals surface area contributed by atoms with Gasteiger partial charge in [-0.3, -0.25) is 14.5 Å². The van der Waals surface area contributed by atoms with E-state index in [1.54, 1.807) is 17.0 Å². The van der Waals surface area contributed by atoms with Gasteiger partial charge in [-0.25, -0.2) is 4.39 Å². The summed E-state index contributed by atoms with van der Waals surface area (Å²) in [5, 5.41) is 0. The molecule has 0 aliphatic carbocycles. The smallest absolute Gasteiger partial charge is 0.241 e. The summed E-state index contributed by atoms with van der Waals surface area (Å²) in [5.41, 5.74) is 0.328. The van der Waals surface area contributed by atoms with Gasteiger partial charge in [0.1, 0.15) is 5.82 Å². The van der Waals surface area contributed by atoms with Crippen LogP contribution in [-0.4, -0.2) is 60.4 Å². The summed E-state index contributed by atoms with van der Waals surface area (Å²) in [6.07, 6.45) is 2.53. The second kappa shape index (κ2) is 7.35. The predicted octanol–water partition coefficient (Wildman–Crippen LogP) is 2.51. The minimum atomic E-state index is -0.347. The molecule has 142 valence electrons. The highest BCUT2D eigenvalue weighted by atomic mass is 19.1. The van der Waals surface area contributed by atoms with E-state index in [1.807, 2.05) is 11.9 Å². The molecule has 2 amide bonds. The van der Waals surface area contributed by atoms with Crippen molar-refractivity contribution in [1.29, 1.82) is 0 Å². The summed E-state index contributed by atoms with van der Waals surface area (Å²) < 4.78 is 13.6. The molecular formula is C20H28FN3O2. The van der Waals surface area contributed by atoms with Crippen LogP contribution in [0.15, 0.2) is 24.3 Å². The number of likely N-dealkylation sites (tertiary alicyclic amines) is 1. The van der Waals surface area contributed by atoms with Crippen molar-refractivity contribution >= 4 is 17.5 Å². The molecule has 2 fully saturated rings. The molecule has 0 bridgehead atoms. The topological polar surface area (TPSA) is 43.9 Å². The quantitative estimate of drug-likeness (QED) is 0.828. The lowest BCUT2D eigenvalue weighted by molar-refractivity contribution is -0.135. The zero-order chi connectivity index (χ0) is 18.9. The van der Waals surface area contributed by atoms with Crippen molar-refractivity contribution in [3.8, 4) is 0 Å². The van der Waals surface area contributed by atoms with Gasteiger partial charge in [0, 0.05) is 31.2 Å². The average molecular weight is 361 g/mol. The highest BCUT2D eigenvalue weighted by molar-refractivity contribution is 5.96. The van der Waals surface area contributed by atoms with Crippen LogP contribution >= 0.6 is 0 Å². The number of likely N-dealkylation sites (N-methyl/N-ethyl adjacent to an activating group) is 1. The minimum absolute atomic E-state index is 0.0338. The van der Waals surface area contributed by atoms with Gasteiger partial charge in [0.05, 0.1) is 12.1 Å². The number of piperazine rings is 1. The normalized spacial score (nSPS) is 24.1. The number of carbonyl (C=O) groups excluding carboxylic acids is 2. The standard InChI is InChI=1S/C20H28FN3O2/c1-4-15(5-2)19(26)23-10-9-20(13-23)14-24(18(25)12-22(20)3)17-8-6-7-16(21)11-17/h6-8,11,15H,4-5,9-10,12-14H2,1-3H3/t20-/m0/s1. The second-order valence-electron chi connectivity index (χ2n) is 7.56. The summed E-state index contributed by atoms with van der Waals surface area (Å²) in [7, 11) is 1.95. The Balaban J connectivity index is 1.81. The van der Waals surface area contributed by atoms with Gasteiger partial charge in [-0.1, -0.05) is 19.9 Å². The molecule has 2 heterocycles. The highest BCUT2D eigenvalue weighted by Gasteiger charge is 2.49. The third-order valence-corrected chi connectivity index (χ3v) is 6.03. The van der Waals surface area contributed by atoms with Crippen LogP contribution in [0.2, 0.25) is 0 Å². The van der Waals surface area contributed by atoms with Crippen molar-refractivity contribution in [2.75, 3.05) is 38.1 Å². The average Bonchev–Trinajstić information content (AvgIpc) is 3.05. The van der Waals surface area contributed by atoms with Crippen LogP contribution in [0.5, 0.6) is 0 Å². The maximum absolute atomic E-state index is 13.6. The molecular weight excluding hydrogens is 333 g/mol. The third kappa shape index (κ3) is 3.34. The van der Waals surface area contributed by atoms with Crippen LogP contribution < -0.4 is 4.90 Å². The molecule has 0 N–H and O–H groups in total. The van der Waals surface area contributed by atoms with E-state index in [1.165, 1.54) is 12.1 Å². The lowest BCUT2D eigenvalue weighted by Gasteiger charge is -2.46. The first kappa shape index (κ1) is 18.8. The third-order valence-electron chi connectivity index (χ3n) is 6.03. The lowest BCUT2D eigenvalue weighted by Crippen LogP contribution is -2.64. The summed E-state index contributed by atoms with van der Waals surface area (Å²) in [6.45, 7) is 6.20. The van der Waals surface area contributed by atoms with E-state index in [0.29, 0.717) is 25.3 Å². The molecule has 26 heavy (non-hydrogen) atoms. The summed E-state index contributed by atoms with van der Waals surface area (Å²) >= 11 is 0. The first-order valence-corrected chi connectivity index (χ1v) is 9.46. The van der Waals surface area contributed by atoms with Crippen molar-refractivity contribution in [3.63, 3.8) is 0 Å². The number of rotatable bonds is 4. The van der Waals surface area contributed by atoms with Gasteiger partial charge in [0.2, 0.25) is 11.8 Å². The Labute approximate surface area is 154 Å². The summed E-state index contributed by atoms with van der Waals surface area (Å²) in [5.74, 6) is -0.0942. The molecule has 0 saturated carbocycles. The van der Waals surface area contributed by atoms with Crippen LogP contribution in [-0.2, 0) is 9.59 Å². The Morgan fingerprint density at radius 2 is 2.00 bits per heavy atom. The molecule has 1 aromatic rings. The zero-order valence-electron chi connectivity index (χ0n) is 15.9. The van der Waals surface area contributed by atoms with Crippen molar-refractivity contribution in [1.82, 2.24) is 9.80 Å². The van der Waals surface area contributed by atoms with Gasteiger partial charge in [-0.2, -0.15) is 0 Å². The Morgan fingerprint density at radius 3 is 2.65 bits per heavy atom. The Bertz CT molecular complexity index is 691. The van der Waals surface area contributed by atoms with E-state index in [2.05, 4.69) is 18.7 Å². The van der Waals surface area contributed by atoms with Crippen LogP contribution in [0.3, 0.4) is 0 Å². The fourth-order valence-corrected chi connectivity index (χ4v) is 4.22. The van der Waals surface area contributed by atoms with Crippen LogP contribution in [0.1, 0.15) is 33.1 Å². The van der Waals surface area contributed by atoms with E-state index in [4.69, 9.17) is 0 Å². The van der Waals surface area contributed by atoms with Crippen molar-refractivity contribution in [3.05, 3.63) is 30.1 Å². The van der Waals surface area contributed by atoms with E-state index in [-0.39, 0.29) is 35.6 Å².